The van der Waals surface area contributed by atoms with E-state index in [4.69, 9.17) is 0 Å². The second kappa shape index (κ2) is 6.86. The van der Waals surface area contributed by atoms with E-state index in [1.54, 1.807) is 13.8 Å². The number of carbonyl (C=O) groups excluding carboxylic acids is 1. The van der Waals surface area contributed by atoms with Gasteiger partial charge >= 0.3 is 0 Å². The van der Waals surface area contributed by atoms with Gasteiger partial charge in [0.1, 0.15) is 5.60 Å². The van der Waals surface area contributed by atoms with Crippen molar-refractivity contribution in [3.8, 4) is 0 Å². The summed E-state index contributed by atoms with van der Waals surface area (Å²) < 4.78 is 0. The third-order valence-corrected chi connectivity index (χ3v) is 3.94. The van der Waals surface area contributed by atoms with Gasteiger partial charge in [-0.25, -0.2) is 0 Å². The van der Waals surface area contributed by atoms with Crippen molar-refractivity contribution in [1.82, 2.24) is 4.90 Å². The van der Waals surface area contributed by atoms with E-state index in [1.165, 1.54) is 0 Å². The van der Waals surface area contributed by atoms with Gasteiger partial charge in [0.25, 0.3) is 0 Å². The first-order valence-corrected chi connectivity index (χ1v) is 6.98. The Kier molecular flexibility index (Phi) is 5.72. The molecule has 1 heterocycles. The van der Waals surface area contributed by atoms with Crippen molar-refractivity contribution < 1.29 is 15.0 Å². The van der Waals surface area contributed by atoms with Crippen LogP contribution in [0.1, 0.15) is 32.8 Å². The molecule has 4 heteroatoms. The van der Waals surface area contributed by atoms with Crippen molar-refractivity contribution in [2.24, 2.45) is 5.92 Å². The number of likely N-dealkylation sites (N-methyl/N-ethyl adjacent to an activating group) is 1. The number of hydrogen-bond donors (Lipinski definition) is 1. The predicted molar refractivity (Wildman–Crippen MR) is 76.9 cm³/mol. The second-order valence-corrected chi connectivity index (χ2v) is 5.67. The quantitative estimate of drug-likeness (QED) is 0.876. The highest BCUT2D eigenvalue weighted by Crippen LogP contribution is 2.36. The molecule has 0 radical (unpaired) electrons. The topological polar surface area (TPSA) is 63.6 Å². The summed E-state index contributed by atoms with van der Waals surface area (Å²) >= 11 is 0. The maximum atomic E-state index is 10.6. The molecule has 2 atom stereocenters. The second-order valence-electron chi connectivity index (χ2n) is 5.67. The van der Waals surface area contributed by atoms with Crippen molar-refractivity contribution in [3.05, 3.63) is 35.9 Å². The van der Waals surface area contributed by atoms with E-state index < -0.39 is 11.6 Å². The number of aliphatic hydroxyl groups is 1. The highest BCUT2D eigenvalue weighted by molar-refractivity contribution is 5.66. The molecule has 1 aromatic carbocycles. The molecule has 0 aliphatic carbocycles. The summed E-state index contributed by atoms with van der Waals surface area (Å²) in [4.78, 5) is 11.8. The first-order chi connectivity index (χ1) is 9.29. The maximum Gasteiger partial charge on any atom is 0.106 e. The molecule has 1 N–H and O–H groups in total. The maximum absolute atomic E-state index is 10.6. The third-order valence-electron chi connectivity index (χ3n) is 3.94. The minimum Gasteiger partial charge on any atom is -0.550 e. The van der Waals surface area contributed by atoms with E-state index in [1.807, 2.05) is 30.3 Å². The van der Waals surface area contributed by atoms with Gasteiger partial charge in [0.05, 0.1) is 0 Å². The third kappa shape index (κ3) is 3.81. The van der Waals surface area contributed by atoms with Crippen LogP contribution in [0.4, 0.5) is 0 Å². The lowest BCUT2D eigenvalue weighted by Crippen LogP contribution is -2.38. The zero-order valence-electron chi connectivity index (χ0n) is 12.7. The molecule has 1 aliphatic rings. The monoisotopic (exact) mass is 278 g/mol. The lowest BCUT2D eigenvalue weighted by atomic mass is 9.87. The Labute approximate surface area is 121 Å². The lowest BCUT2D eigenvalue weighted by Gasteiger charge is -2.30. The van der Waals surface area contributed by atoms with Crippen LogP contribution >= 0.6 is 0 Å². The molecule has 0 saturated carbocycles. The molecule has 0 amide bonds. The highest BCUT2D eigenvalue weighted by atomic mass is 16.4. The summed E-state index contributed by atoms with van der Waals surface area (Å²) in [5, 5.41) is 20.1. The normalized spacial score (nSPS) is 26.2. The van der Waals surface area contributed by atoms with Crippen LogP contribution in [-0.4, -0.2) is 35.6 Å². The Morgan fingerprint density at radius 3 is 2.25 bits per heavy atom. The van der Waals surface area contributed by atoms with E-state index in [9.17, 15) is 15.0 Å². The summed E-state index contributed by atoms with van der Waals surface area (Å²) in [7, 11) is 2.06. The molecule has 2 unspecified atom stereocenters. The van der Waals surface area contributed by atoms with Gasteiger partial charge in [-0.15, -0.1) is 0 Å². The van der Waals surface area contributed by atoms with Crippen LogP contribution in [-0.2, 0) is 10.4 Å². The molecular weight excluding hydrogens is 254 g/mol. The average Bonchev–Trinajstić information content (AvgIpc) is 2.69. The fourth-order valence-corrected chi connectivity index (χ4v) is 2.23. The Balaban J connectivity index is 0.000000286. The summed E-state index contributed by atoms with van der Waals surface area (Å²) in [6.45, 7) is 6.21. The minimum atomic E-state index is -0.991. The van der Waals surface area contributed by atoms with Crippen LogP contribution in [0.15, 0.2) is 30.3 Å². The van der Waals surface area contributed by atoms with Gasteiger partial charge in [-0.3, -0.25) is 0 Å². The smallest absolute Gasteiger partial charge is 0.106 e. The fourth-order valence-electron chi connectivity index (χ4n) is 2.23. The van der Waals surface area contributed by atoms with Gasteiger partial charge in [-0.05, 0) is 31.9 Å². The Morgan fingerprint density at radius 2 is 1.90 bits per heavy atom. The first-order valence-electron chi connectivity index (χ1n) is 6.98. The van der Waals surface area contributed by atoms with E-state index in [-0.39, 0.29) is 12.0 Å². The molecule has 1 saturated heterocycles. The Bertz CT molecular complexity index is 433. The number of likely N-dealkylation sites (tertiary alicyclic amines) is 1. The first kappa shape index (κ1) is 16.7. The van der Waals surface area contributed by atoms with Gasteiger partial charge in [0.2, 0.25) is 0 Å². The standard InChI is InChI=1S/C12H17NO.C4H8O2/c1-10-12(14,8-9-13(10)2)11-6-4-3-5-7-11;1-3(2)4(5)6/h3-7,10,14H,8-9H2,1-2H3;3H,1-2H3,(H,5,6)/p-1. The number of hydrogen-bond acceptors (Lipinski definition) is 4. The predicted octanol–water partition coefficient (Wildman–Crippen LogP) is 0.990. The molecule has 1 aromatic rings. The van der Waals surface area contributed by atoms with Gasteiger partial charge in [0.15, 0.2) is 0 Å². The van der Waals surface area contributed by atoms with Crippen molar-refractivity contribution in [2.75, 3.05) is 13.6 Å². The Morgan fingerprint density at radius 1 is 1.40 bits per heavy atom. The summed E-state index contributed by atoms with van der Waals surface area (Å²) in [6.07, 6.45) is 0.828. The fraction of sp³-hybridized carbons (Fsp3) is 0.562. The molecule has 0 spiro atoms. The molecule has 1 aliphatic heterocycles. The molecule has 1 fully saturated rings. The van der Waals surface area contributed by atoms with Crippen LogP contribution in [0, 0.1) is 5.92 Å². The number of carboxylic acid groups (broad SMARTS) is 1. The van der Waals surface area contributed by atoms with Gasteiger partial charge in [-0.2, -0.15) is 0 Å². The summed E-state index contributed by atoms with van der Waals surface area (Å²) in [5.74, 6) is -1.33. The van der Waals surface area contributed by atoms with E-state index in [2.05, 4.69) is 18.9 Å². The van der Waals surface area contributed by atoms with Gasteiger partial charge in [0, 0.05) is 18.6 Å². The van der Waals surface area contributed by atoms with Gasteiger partial charge < -0.3 is 19.9 Å². The highest BCUT2D eigenvalue weighted by Gasteiger charge is 2.42. The molecule has 0 bridgehead atoms. The molecule has 0 aromatic heterocycles. The van der Waals surface area contributed by atoms with E-state index in [0.717, 1.165) is 18.5 Å². The average molecular weight is 278 g/mol. The molecule has 20 heavy (non-hydrogen) atoms. The number of carbonyl (C=O) groups is 1. The zero-order chi connectivity index (χ0) is 15.3. The van der Waals surface area contributed by atoms with Crippen LogP contribution in [0.2, 0.25) is 0 Å². The number of rotatable bonds is 2. The van der Waals surface area contributed by atoms with Crippen LogP contribution in [0.3, 0.4) is 0 Å². The molecule has 4 nitrogen and oxygen atoms in total. The van der Waals surface area contributed by atoms with Crippen molar-refractivity contribution in [1.29, 1.82) is 0 Å². The van der Waals surface area contributed by atoms with Crippen molar-refractivity contribution >= 4 is 5.97 Å². The number of nitrogens with zero attached hydrogens (tertiary/aromatic N) is 1. The molecule has 112 valence electrons. The van der Waals surface area contributed by atoms with Crippen molar-refractivity contribution in [3.63, 3.8) is 0 Å². The van der Waals surface area contributed by atoms with Crippen LogP contribution < -0.4 is 5.11 Å². The van der Waals surface area contributed by atoms with Gasteiger partial charge in [-0.1, -0.05) is 44.2 Å². The molecule has 2 rings (SSSR count). The largest absolute Gasteiger partial charge is 0.550 e. The SMILES string of the molecule is CC(C)C(=O)[O-].CC1N(C)CCC1(O)c1ccccc1. The number of benzene rings is 1. The number of aliphatic carboxylic acids is 1. The van der Waals surface area contributed by atoms with Crippen LogP contribution in [0.5, 0.6) is 0 Å². The number of carboxylic acids is 1. The summed E-state index contributed by atoms with van der Waals surface area (Å²) in [5.41, 5.74) is 0.382. The lowest BCUT2D eigenvalue weighted by molar-refractivity contribution is -0.310. The van der Waals surface area contributed by atoms with Crippen molar-refractivity contribution in [2.45, 2.75) is 38.8 Å². The minimum absolute atomic E-state index is 0.199. The molecular formula is C16H24NO3-. The van der Waals surface area contributed by atoms with E-state index >= 15 is 0 Å². The summed E-state index contributed by atoms with van der Waals surface area (Å²) in [6, 6.07) is 10.2. The Hall–Kier alpha value is -1.39. The van der Waals surface area contributed by atoms with E-state index in [0.29, 0.717) is 0 Å². The van der Waals surface area contributed by atoms with Crippen LogP contribution in [0.25, 0.3) is 0 Å². The zero-order valence-corrected chi connectivity index (χ0v) is 12.7.